The van der Waals surface area contributed by atoms with Gasteiger partial charge in [-0.2, -0.15) is 4.91 Å². The minimum Gasteiger partial charge on any atom is -0.150 e. The van der Waals surface area contributed by atoms with Crippen molar-refractivity contribution in [2.45, 2.75) is 13.8 Å². The van der Waals surface area contributed by atoms with E-state index in [2.05, 4.69) is 10.9 Å². The minimum atomic E-state index is 0.227. The number of nitrogens with zero attached hydrogens (tertiary/aromatic N) is 1. The molecule has 0 aromatic heterocycles. The van der Waals surface area contributed by atoms with Crippen molar-refractivity contribution in [2.24, 2.45) is 5.18 Å². The van der Waals surface area contributed by atoms with Crippen LogP contribution in [0.4, 0.5) is 0 Å². The van der Waals surface area contributed by atoms with E-state index in [4.69, 9.17) is 0 Å². The molecule has 0 aliphatic heterocycles. The highest BCUT2D eigenvalue weighted by Gasteiger charge is 1.68. The molecule has 44 valence electrons. The molecule has 0 bridgehead atoms. The monoisotopic (exact) mass is 111 g/mol. The molecule has 0 amide bonds. The van der Waals surface area contributed by atoms with Crippen LogP contribution in [0.15, 0.2) is 22.6 Å². The van der Waals surface area contributed by atoms with Gasteiger partial charge >= 0.3 is 0 Å². The van der Waals surface area contributed by atoms with Gasteiger partial charge < -0.3 is 0 Å². The molecular weight excluding hydrogens is 102 g/mol. The van der Waals surface area contributed by atoms with E-state index in [0.29, 0.717) is 0 Å². The summed E-state index contributed by atoms with van der Waals surface area (Å²) >= 11 is 0. The fourth-order valence-electron chi connectivity index (χ4n) is 0.287. The van der Waals surface area contributed by atoms with Crippen molar-refractivity contribution in [1.82, 2.24) is 0 Å². The van der Waals surface area contributed by atoms with E-state index in [-0.39, 0.29) is 6.54 Å². The van der Waals surface area contributed by atoms with Crippen LogP contribution in [0.5, 0.6) is 0 Å². The number of rotatable bonds is 2. The molecule has 2 heteroatoms. The van der Waals surface area contributed by atoms with Gasteiger partial charge in [-0.05, 0) is 25.5 Å². The lowest BCUT2D eigenvalue weighted by molar-refractivity contribution is 1.22. The van der Waals surface area contributed by atoms with Crippen LogP contribution in [0, 0.1) is 4.91 Å². The highest BCUT2D eigenvalue weighted by molar-refractivity contribution is 4.94. The Morgan fingerprint density at radius 2 is 2.38 bits per heavy atom. The Hall–Kier alpha value is -0.880. The average Bonchev–Trinajstić information content (AvgIpc) is 1.66. The maximum Gasteiger partial charge on any atom is 0.107 e. The highest BCUT2D eigenvalue weighted by Crippen LogP contribution is 1.82. The van der Waals surface area contributed by atoms with Crippen LogP contribution in [0.2, 0.25) is 0 Å². The topological polar surface area (TPSA) is 29.4 Å². The fraction of sp³-hybridized carbons (Fsp3) is 0.500. The van der Waals surface area contributed by atoms with Crippen molar-refractivity contribution in [3.8, 4) is 0 Å². The molecular formula is C6H9NO. The van der Waals surface area contributed by atoms with Gasteiger partial charge in [0.2, 0.25) is 0 Å². The Labute approximate surface area is 48.9 Å². The quantitative estimate of drug-likeness (QED) is 0.395. The van der Waals surface area contributed by atoms with Gasteiger partial charge in [0.05, 0.1) is 0 Å². The predicted molar refractivity (Wildman–Crippen MR) is 33.6 cm³/mol. The second kappa shape index (κ2) is 4.28. The average molecular weight is 111 g/mol. The largest absolute Gasteiger partial charge is 0.150 e. The first-order valence-corrected chi connectivity index (χ1v) is 2.45. The van der Waals surface area contributed by atoms with E-state index in [1.807, 2.05) is 13.8 Å². The Morgan fingerprint density at radius 3 is 2.75 bits per heavy atom. The summed E-state index contributed by atoms with van der Waals surface area (Å²) in [6.45, 7) is 4.06. The van der Waals surface area contributed by atoms with Crippen molar-refractivity contribution in [2.75, 3.05) is 6.54 Å². The SMILES string of the molecule is CC(C)=C=CCN=O. The summed E-state index contributed by atoms with van der Waals surface area (Å²) in [4.78, 5) is 9.46. The van der Waals surface area contributed by atoms with E-state index in [1.165, 1.54) is 0 Å². The summed E-state index contributed by atoms with van der Waals surface area (Å²) in [5, 5.41) is 2.63. The number of hydrogen-bond acceptors (Lipinski definition) is 2. The van der Waals surface area contributed by atoms with Gasteiger partial charge in [0.25, 0.3) is 0 Å². The van der Waals surface area contributed by atoms with Gasteiger partial charge in [0, 0.05) is 0 Å². The molecule has 0 aromatic rings. The molecule has 0 N–H and O–H groups in total. The lowest BCUT2D eigenvalue weighted by Crippen LogP contribution is -1.63. The van der Waals surface area contributed by atoms with E-state index < -0.39 is 0 Å². The fourth-order valence-corrected chi connectivity index (χ4v) is 0.287. The van der Waals surface area contributed by atoms with E-state index in [9.17, 15) is 4.91 Å². The molecule has 0 unspecified atom stereocenters. The Bertz CT molecular complexity index is 127. The molecule has 0 rings (SSSR count). The van der Waals surface area contributed by atoms with Gasteiger partial charge in [-0.3, -0.25) is 0 Å². The zero-order chi connectivity index (χ0) is 6.41. The van der Waals surface area contributed by atoms with Crippen molar-refractivity contribution in [1.29, 1.82) is 0 Å². The zero-order valence-electron chi connectivity index (χ0n) is 5.14. The summed E-state index contributed by atoms with van der Waals surface area (Å²) in [7, 11) is 0. The van der Waals surface area contributed by atoms with E-state index in [0.717, 1.165) is 5.57 Å². The van der Waals surface area contributed by atoms with Crippen molar-refractivity contribution < 1.29 is 0 Å². The molecule has 0 saturated heterocycles. The molecule has 0 aliphatic carbocycles. The summed E-state index contributed by atoms with van der Waals surface area (Å²) in [5.74, 6) is 0. The van der Waals surface area contributed by atoms with Gasteiger partial charge in [-0.25, -0.2) is 0 Å². The lowest BCUT2D eigenvalue weighted by Gasteiger charge is -1.73. The summed E-state index contributed by atoms with van der Waals surface area (Å²) in [6.07, 6.45) is 1.61. The molecule has 0 aromatic carbocycles. The van der Waals surface area contributed by atoms with Crippen LogP contribution in [0.25, 0.3) is 0 Å². The molecule has 0 fully saturated rings. The second-order valence-electron chi connectivity index (χ2n) is 1.66. The second-order valence-corrected chi connectivity index (χ2v) is 1.66. The van der Waals surface area contributed by atoms with Crippen LogP contribution >= 0.6 is 0 Å². The first-order chi connectivity index (χ1) is 3.77. The van der Waals surface area contributed by atoms with Crippen LogP contribution in [-0.4, -0.2) is 6.54 Å². The van der Waals surface area contributed by atoms with Gasteiger partial charge in [-0.15, -0.1) is 5.73 Å². The van der Waals surface area contributed by atoms with Gasteiger partial charge in [-0.1, -0.05) is 5.18 Å². The Kier molecular flexibility index (Phi) is 3.81. The molecule has 0 saturated carbocycles. The normalized spacial score (nSPS) is 7.25. The van der Waals surface area contributed by atoms with Crippen molar-refractivity contribution in [3.05, 3.63) is 22.3 Å². The molecule has 0 spiro atoms. The predicted octanol–water partition coefficient (Wildman–Crippen LogP) is 1.87. The summed E-state index contributed by atoms with van der Waals surface area (Å²) < 4.78 is 0. The van der Waals surface area contributed by atoms with Gasteiger partial charge in [0.1, 0.15) is 6.54 Å². The molecule has 2 nitrogen and oxygen atoms in total. The summed E-state index contributed by atoms with van der Waals surface area (Å²) in [6, 6.07) is 0. The van der Waals surface area contributed by atoms with E-state index >= 15 is 0 Å². The van der Waals surface area contributed by atoms with Crippen LogP contribution in [0.3, 0.4) is 0 Å². The first-order valence-electron chi connectivity index (χ1n) is 2.45. The third-order valence-corrected chi connectivity index (χ3v) is 0.557. The molecule has 0 aliphatic rings. The maximum atomic E-state index is 9.46. The van der Waals surface area contributed by atoms with Crippen LogP contribution < -0.4 is 0 Å². The zero-order valence-corrected chi connectivity index (χ0v) is 5.14. The summed E-state index contributed by atoms with van der Waals surface area (Å²) in [5.41, 5.74) is 3.91. The van der Waals surface area contributed by atoms with Crippen molar-refractivity contribution >= 4 is 0 Å². The number of nitroso groups, excluding NO2 is 1. The third kappa shape index (κ3) is 5.12. The first kappa shape index (κ1) is 7.12. The van der Waals surface area contributed by atoms with Crippen LogP contribution in [-0.2, 0) is 0 Å². The minimum absolute atomic E-state index is 0.227. The van der Waals surface area contributed by atoms with Crippen LogP contribution in [0.1, 0.15) is 13.8 Å². The lowest BCUT2D eigenvalue weighted by atomic mass is 10.4. The van der Waals surface area contributed by atoms with E-state index in [1.54, 1.807) is 6.08 Å². The molecule has 8 heavy (non-hydrogen) atoms. The smallest absolute Gasteiger partial charge is 0.107 e. The van der Waals surface area contributed by atoms with Gasteiger partial charge in [0.15, 0.2) is 0 Å². The number of hydrogen-bond donors (Lipinski definition) is 0. The third-order valence-electron chi connectivity index (χ3n) is 0.557. The molecule has 0 atom stereocenters. The maximum absolute atomic E-state index is 9.46. The standard InChI is InChI=1S/C6H9NO/c1-6(2)4-3-5-7-8/h3H,5H2,1-2H3. The molecule has 0 heterocycles. The highest BCUT2D eigenvalue weighted by atomic mass is 16.3. The Balaban J connectivity index is 3.63. The molecule has 0 radical (unpaired) electrons. The van der Waals surface area contributed by atoms with Crippen molar-refractivity contribution in [3.63, 3.8) is 0 Å². The Morgan fingerprint density at radius 1 is 1.75 bits per heavy atom.